The molecule has 1 fully saturated rings. The number of benzene rings is 1. The Morgan fingerprint density at radius 1 is 1.35 bits per heavy atom. The van der Waals surface area contributed by atoms with Gasteiger partial charge in [-0.25, -0.2) is 0 Å². The van der Waals surface area contributed by atoms with Crippen LogP contribution in [-0.2, 0) is 0 Å². The van der Waals surface area contributed by atoms with Crippen molar-refractivity contribution in [2.75, 3.05) is 18.0 Å². The lowest BCUT2D eigenvalue weighted by molar-refractivity contribution is 0.0935. The molecule has 1 aliphatic rings. The van der Waals surface area contributed by atoms with E-state index in [1.54, 1.807) is 12.1 Å². The molecule has 1 aliphatic heterocycles. The van der Waals surface area contributed by atoms with Crippen LogP contribution < -0.4 is 10.2 Å². The van der Waals surface area contributed by atoms with Gasteiger partial charge in [0.15, 0.2) is 0 Å². The second-order valence-corrected chi connectivity index (χ2v) is 6.87. The largest absolute Gasteiger partial charge is 0.370 e. The molecule has 118 valence electrons. The highest BCUT2D eigenvalue weighted by Crippen LogP contribution is 2.27. The smallest absolute Gasteiger partial charge is 0.261 e. The Hall–Kier alpha value is -2.03. The molecule has 1 aromatic carbocycles. The van der Waals surface area contributed by atoms with E-state index in [0.717, 1.165) is 36.5 Å². The van der Waals surface area contributed by atoms with Crippen LogP contribution in [0.1, 0.15) is 28.1 Å². The van der Waals surface area contributed by atoms with Gasteiger partial charge in [0.1, 0.15) is 6.07 Å². The molecular weight excluding hydrogens is 330 g/mol. The van der Waals surface area contributed by atoms with Crippen molar-refractivity contribution in [1.29, 1.82) is 5.26 Å². The molecule has 0 bridgehead atoms. The van der Waals surface area contributed by atoms with Crippen LogP contribution in [0.3, 0.4) is 0 Å². The lowest BCUT2D eigenvalue weighted by atomic mass is 10.0. The Morgan fingerprint density at radius 2 is 2.13 bits per heavy atom. The van der Waals surface area contributed by atoms with Crippen molar-refractivity contribution in [3.05, 3.63) is 51.2 Å². The van der Waals surface area contributed by atoms with Gasteiger partial charge in [-0.3, -0.25) is 4.79 Å². The number of carbonyl (C=O) groups is 1. The number of nitriles is 1. The van der Waals surface area contributed by atoms with E-state index in [0.29, 0.717) is 10.6 Å². The number of halogens is 1. The average molecular weight is 346 g/mol. The molecule has 4 nitrogen and oxygen atoms in total. The first kappa shape index (κ1) is 15.9. The van der Waals surface area contributed by atoms with Crippen molar-refractivity contribution >= 4 is 34.5 Å². The summed E-state index contributed by atoms with van der Waals surface area (Å²) in [5.41, 5.74) is 1.51. The molecule has 23 heavy (non-hydrogen) atoms. The summed E-state index contributed by atoms with van der Waals surface area (Å²) in [5.74, 6) is -0.00100. The molecule has 1 saturated heterocycles. The normalized spacial score (nSPS) is 15.2. The van der Waals surface area contributed by atoms with Gasteiger partial charge >= 0.3 is 0 Å². The van der Waals surface area contributed by atoms with Gasteiger partial charge in [0.05, 0.1) is 16.1 Å². The van der Waals surface area contributed by atoms with Crippen LogP contribution in [0.4, 0.5) is 5.69 Å². The van der Waals surface area contributed by atoms with Crippen molar-refractivity contribution in [2.45, 2.75) is 18.9 Å². The first-order valence-electron chi connectivity index (χ1n) is 7.46. The van der Waals surface area contributed by atoms with Crippen LogP contribution in [0.5, 0.6) is 0 Å². The minimum atomic E-state index is -0.00100. The fourth-order valence-electron chi connectivity index (χ4n) is 2.79. The molecule has 0 saturated carbocycles. The zero-order valence-electron chi connectivity index (χ0n) is 12.5. The Kier molecular flexibility index (Phi) is 4.85. The van der Waals surface area contributed by atoms with Crippen molar-refractivity contribution < 1.29 is 4.79 Å². The Bertz CT molecular complexity index is 731. The molecule has 1 aromatic heterocycles. The maximum absolute atomic E-state index is 12.1. The number of amides is 1. The van der Waals surface area contributed by atoms with Gasteiger partial charge in [-0.05, 0) is 42.5 Å². The zero-order chi connectivity index (χ0) is 16.2. The summed E-state index contributed by atoms with van der Waals surface area (Å²) in [5, 5.41) is 14.9. The third-order valence-electron chi connectivity index (χ3n) is 4.00. The summed E-state index contributed by atoms with van der Waals surface area (Å²) in [6, 6.07) is 11.4. The number of piperidine rings is 1. The highest BCUT2D eigenvalue weighted by atomic mass is 35.5. The van der Waals surface area contributed by atoms with Gasteiger partial charge in [-0.1, -0.05) is 17.7 Å². The predicted octanol–water partition coefficient (Wildman–Crippen LogP) is 3.67. The SMILES string of the molecule is N#Cc1ccc(Cl)cc1N1CCC(NC(=O)c2cccs2)CC1. The Balaban J connectivity index is 1.62. The monoisotopic (exact) mass is 345 g/mol. The van der Waals surface area contributed by atoms with Crippen LogP contribution in [-0.4, -0.2) is 25.0 Å². The van der Waals surface area contributed by atoms with E-state index < -0.39 is 0 Å². The molecule has 2 heterocycles. The molecule has 1 N–H and O–H groups in total. The summed E-state index contributed by atoms with van der Waals surface area (Å²) in [4.78, 5) is 15.0. The standard InChI is InChI=1S/C17H16ClN3OS/c18-13-4-3-12(11-19)15(10-13)21-7-5-14(6-8-21)20-17(22)16-2-1-9-23-16/h1-4,9-10,14H,5-8H2,(H,20,22). The van der Waals surface area contributed by atoms with Gasteiger partial charge in [0, 0.05) is 24.2 Å². The van der Waals surface area contributed by atoms with Gasteiger partial charge in [-0.15, -0.1) is 11.3 Å². The second kappa shape index (κ2) is 7.03. The highest BCUT2D eigenvalue weighted by molar-refractivity contribution is 7.12. The highest BCUT2D eigenvalue weighted by Gasteiger charge is 2.23. The van der Waals surface area contributed by atoms with E-state index in [9.17, 15) is 10.1 Å². The van der Waals surface area contributed by atoms with Crippen LogP contribution >= 0.6 is 22.9 Å². The lowest BCUT2D eigenvalue weighted by Crippen LogP contribution is -2.44. The van der Waals surface area contributed by atoms with E-state index in [1.807, 2.05) is 23.6 Å². The molecule has 0 radical (unpaired) electrons. The number of carbonyl (C=O) groups excluding carboxylic acids is 1. The summed E-state index contributed by atoms with van der Waals surface area (Å²) < 4.78 is 0. The molecular formula is C17H16ClN3OS. The maximum Gasteiger partial charge on any atom is 0.261 e. The first-order chi connectivity index (χ1) is 11.2. The average Bonchev–Trinajstić information content (AvgIpc) is 3.10. The molecule has 6 heteroatoms. The third kappa shape index (κ3) is 3.66. The third-order valence-corrected chi connectivity index (χ3v) is 5.10. The molecule has 0 unspecified atom stereocenters. The minimum absolute atomic E-state index is 0.00100. The fourth-order valence-corrected chi connectivity index (χ4v) is 3.58. The van der Waals surface area contributed by atoms with Gasteiger partial charge in [-0.2, -0.15) is 5.26 Å². The molecule has 0 aliphatic carbocycles. The second-order valence-electron chi connectivity index (χ2n) is 5.49. The van der Waals surface area contributed by atoms with E-state index in [1.165, 1.54) is 11.3 Å². The van der Waals surface area contributed by atoms with Gasteiger partial charge in [0.2, 0.25) is 0 Å². The van der Waals surface area contributed by atoms with E-state index in [2.05, 4.69) is 16.3 Å². The van der Waals surface area contributed by atoms with Crippen molar-refractivity contribution in [3.8, 4) is 6.07 Å². The number of rotatable bonds is 3. The predicted molar refractivity (Wildman–Crippen MR) is 93.2 cm³/mol. The summed E-state index contributed by atoms with van der Waals surface area (Å²) >= 11 is 7.51. The van der Waals surface area contributed by atoms with Crippen molar-refractivity contribution in [1.82, 2.24) is 5.32 Å². The van der Waals surface area contributed by atoms with Crippen molar-refractivity contribution in [2.24, 2.45) is 0 Å². The zero-order valence-corrected chi connectivity index (χ0v) is 14.0. The lowest BCUT2D eigenvalue weighted by Gasteiger charge is -2.34. The van der Waals surface area contributed by atoms with Crippen molar-refractivity contribution in [3.63, 3.8) is 0 Å². The van der Waals surface area contributed by atoms with Crippen LogP contribution in [0, 0.1) is 11.3 Å². The fraction of sp³-hybridized carbons (Fsp3) is 0.294. The van der Waals surface area contributed by atoms with Gasteiger partial charge in [0.25, 0.3) is 5.91 Å². The number of nitrogens with zero attached hydrogens (tertiary/aromatic N) is 2. The van der Waals surface area contributed by atoms with E-state index in [-0.39, 0.29) is 11.9 Å². The Labute approximate surface area is 144 Å². The number of thiophene rings is 1. The van der Waals surface area contributed by atoms with Crippen LogP contribution in [0.2, 0.25) is 5.02 Å². The minimum Gasteiger partial charge on any atom is -0.370 e. The number of anilines is 1. The maximum atomic E-state index is 12.1. The van der Waals surface area contributed by atoms with E-state index >= 15 is 0 Å². The molecule has 0 spiro atoms. The first-order valence-corrected chi connectivity index (χ1v) is 8.72. The summed E-state index contributed by atoms with van der Waals surface area (Å²) in [6.45, 7) is 1.59. The van der Waals surface area contributed by atoms with Crippen LogP contribution in [0.25, 0.3) is 0 Å². The number of hydrogen-bond donors (Lipinski definition) is 1. The van der Waals surface area contributed by atoms with E-state index in [4.69, 9.17) is 11.6 Å². The summed E-state index contributed by atoms with van der Waals surface area (Å²) in [6.07, 6.45) is 1.71. The van der Waals surface area contributed by atoms with Crippen LogP contribution in [0.15, 0.2) is 35.7 Å². The summed E-state index contributed by atoms with van der Waals surface area (Å²) in [7, 11) is 0. The molecule has 0 atom stereocenters. The molecule has 2 aromatic rings. The molecule has 3 rings (SSSR count). The topological polar surface area (TPSA) is 56.1 Å². The quantitative estimate of drug-likeness (QED) is 0.923. The Morgan fingerprint density at radius 3 is 2.78 bits per heavy atom. The number of nitrogens with one attached hydrogen (secondary N) is 1. The van der Waals surface area contributed by atoms with Gasteiger partial charge < -0.3 is 10.2 Å². The number of hydrogen-bond acceptors (Lipinski definition) is 4. The molecule has 1 amide bonds.